The normalized spacial score (nSPS) is 27.0. The van der Waals surface area contributed by atoms with Crippen molar-refractivity contribution < 1.29 is 29.5 Å². The van der Waals surface area contributed by atoms with Gasteiger partial charge in [0.1, 0.15) is 0 Å². The van der Waals surface area contributed by atoms with E-state index in [1.807, 2.05) is 26.0 Å². The van der Waals surface area contributed by atoms with E-state index in [2.05, 4.69) is 58.7 Å². The van der Waals surface area contributed by atoms with Crippen LogP contribution >= 0.6 is 0 Å². The van der Waals surface area contributed by atoms with Crippen molar-refractivity contribution in [2.45, 2.75) is 76.3 Å². The predicted molar refractivity (Wildman–Crippen MR) is 188 cm³/mol. The first-order valence-corrected chi connectivity index (χ1v) is 17.4. The van der Waals surface area contributed by atoms with Crippen molar-refractivity contribution in [1.82, 2.24) is 10.2 Å². The summed E-state index contributed by atoms with van der Waals surface area (Å²) in [7, 11) is 0. The van der Waals surface area contributed by atoms with Gasteiger partial charge in [-0.05, 0) is 68.8 Å². The van der Waals surface area contributed by atoms with Gasteiger partial charge in [-0.1, -0.05) is 86.6 Å². The lowest BCUT2D eigenvalue weighted by atomic mass is 9.50. The summed E-state index contributed by atoms with van der Waals surface area (Å²) in [4.78, 5) is 40.3. The van der Waals surface area contributed by atoms with Crippen molar-refractivity contribution in [2.24, 2.45) is 10.8 Å². The van der Waals surface area contributed by atoms with E-state index in [0.29, 0.717) is 31.6 Å². The van der Waals surface area contributed by atoms with E-state index in [4.69, 9.17) is 4.74 Å². The van der Waals surface area contributed by atoms with Crippen LogP contribution in [0.4, 0.5) is 5.69 Å². The number of hydrogen-bond donors (Lipinski definition) is 3. The summed E-state index contributed by atoms with van der Waals surface area (Å²) in [5, 5.41) is 36.9. The van der Waals surface area contributed by atoms with Crippen molar-refractivity contribution in [3.8, 4) is 0 Å². The number of rotatable bonds is 14. The molecular weight excluding hydrogens is 622 g/mol. The SMILES string of the molecule is CCC1NC(CC)C(CCOCCN2CCC(c3ccccc3)(c3ccccc3)CC2)(C(=O)O)C(c2cccc([N+](=O)[O-])c2)C1(C)C(=O)O. The number of nitro groups is 1. The molecular formula is C39H49N3O7. The molecule has 262 valence electrons. The van der Waals surface area contributed by atoms with Gasteiger partial charge >= 0.3 is 11.9 Å². The molecule has 5 unspecified atom stereocenters. The molecule has 10 heteroatoms. The van der Waals surface area contributed by atoms with Gasteiger partial charge in [-0.3, -0.25) is 19.7 Å². The topological polar surface area (TPSA) is 142 Å². The average molecular weight is 672 g/mol. The molecule has 0 saturated carbocycles. The highest BCUT2D eigenvalue weighted by atomic mass is 16.6. The number of nitrogens with one attached hydrogen (secondary N) is 1. The minimum atomic E-state index is -1.60. The van der Waals surface area contributed by atoms with Gasteiger partial charge < -0.3 is 25.2 Å². The molecule has 3 N–H and O–H groups in total. The number of non-ortho nitro benzene ring substituents is 1. The summed E-state index contributed by atoms with van der Waals surface area (Å²) < 4.78 is 6.17. The van der Waals surface area contributed by atoms with E-state index in [-0.39, 0.29) is 24.1 Å². The summed E-state index contributed by atoms with van der Waals surface area (Å²) >= 11 is 0. The highest BCUT2D eigenvalue weighted by Crippen LogP contribution is 2.58. The van der Waals surface area contributed by atoms with Crippen LogP contribution in [0.15, 0.2) is 84.9 Å². The molecule has 0 aromatic heterocycles. The van der Waals surface area contributed by atoms with Crippen molar-refractivity contribution >= 4 is 17.6 Å². The van der Waals surface area contributed by atoms with Crippen LogP contribution in [0, 0.1) is 20.9 Å². The smallest absolute Gasteiger partial charge is 0.311 e. The quantitative estimate of drug-likeness (QED) is 0.0996. The molecule has 2 fully saturated rings. The molecule has 5 rings (SSSR count). The number of aliphatic carboxylic acids is 2. The van der Waals surface area contributed by atoms with Crippen molar-refractivity contribution in [2.75, 3.05) is 32.8 Å². The fourth-order valence-corrected chi connectivity index (χ4v) is 8.91. The first-order valence-electron chi connectivity index (χ1n) is 17.4. The Labute approximate surface area is 288 Å². The van der Waals surface area contributed by atoms with Crippen LogP contribution < -0.4 is 5.32 Å². The van der Waals surface area contributed by atoms with Gasteiger partial charge in [0.15, 0.2) is 0 Å². The van der Waals surface area contributed by atoms with Crippen molar-refractivity contribution in [3.05, 3.63) is 112 Å². The zero-order valence-corrected chi connectivity index (χ0v) is 28.7. The molecule has 0 aliphatic carbocycles. The van der Waals surface area contributed by atoms with E-state index >= 15 is 0 Å². The predicted octanol–water partition coefficient (Wildman–Crippen LogP) is 6.49. The number of piperidine rings is 2. The second kappa shape index (κ2) is 15.2. The second-order valence-corrected chi connectivity index (χ2v) is 13.8. The summed E-state index contributed by atoms with van der Waals surface area (Å²) in [5.41, 5.74) is -0.450. The molecule has 0 radical (unpaired) electrons. The van der Waals surface area contributed by atoms with Crippen molar-refractivity contribution in [1.29, 1.82) is 0 Å². The Morgan fingerprint density at radius 2 is 1.47 bits per heavy atom. The molecule has 10 nitrogen and oxygen atoms in total. The molecule has 2 aliphatic rings. The number of carboxylic acids is 2. The first kappa shape index (κ1) is 36.2. The molecule has 0 bridgehead atoms. The zero-order chi connectivity index (χ0) is 35.2. The highest BCUT2D eigenvalue weighted by Gasteiger charge is 2.66. The third kappa shape index (κ3) is 6.74. The summed E-state index contributed by atoms with van der Waals surface area (Å²) in [6.45, 7) is 8.30. The molecule has 5 atom stereocenters. The summed E-state index contributed by atoms with van der Waals surface area (Å²) in [5.74, 6) is -3.33. The van der Waals surface area contributed by atoms with Gasteiger partial charge in [0, 0.05) is 48.7 Å². The van der Waals surface area contributed by atoms with Crippen molar-refractivity contribution in [3.63, 3.8) is 0 Å². The fourth-order valence-electron chi connectivity index (χ4n) is 8.91. The largest absolute Gasteiger partial charge is 0.481 e. The maximum absolute atomic E-state index is 13.5. The number of carboxylic acid groups (broad SMARTS) is 2. The first-order chi connectivity index (χ1) is 23.5. The molecule has 3 aromatic rings. The van der Waals surface area contributed by atoms with Crippen LogP contribution in [0.5, 0.6) is 0 Å². The van der Waals surface area contributed by atoms with E-state index in [0.717, 1.165) is 25.9 Å². The number of benzene rings is 3. The average Bonchev–Trinajstić information content (AvgIpc) is 3.12. The van der Waals surface area contributed by atoms with Gasteiger partial charge in [-0.25, -0.2) is 0 Å². The number of nitrogens with zero attached hydrogens (tertiary/aromatic N) is 2. The van der Waals surface area contributed by atoms with Crippen LogP contribution in [0.25, 0.3) is 0 Å². The van der Waals surface area contributed by atoms with Gasteiger partial charge in [0.2, 0.25) is 0 Å². The minimum absolute atomic E-state index is 0.0473. The van der Waals surface area contributed by atoms with Crippen LogP contribution in [-0.2, 0) is 19.7 Å². The Morgan fingerprint density at radius 1 is 0.878 bits per heavy atom. The van der Waals surface area contributed by atoms with Gasteiger partial charge in [0.25, 0.3) is 5.69 Å². The molecule has 0 amide bonds. The highest BCUT2D eigenvalue weighted by molar-refractivity contribution is 5.84. The van der Waals surface area contributed by atoms with E-state index in [1.54, 1.807) is 13.0 Å². The van der Waals surface area contributed by atoms with E-state index < -0.39 is 45.7 Å². The standard InChI is InChI=1S/C39H49N3O7/c1-4-32-37(3,35(43)44)34(28-13-12-18-31(27-28)42(47)48)39(36(45)46,33(5-2)40-32)21-25-49-26-24-41-22-19-38(20-23-41,29-14-8-6-9-15-29)30-16-10-7-11-17-30/h6-18,27,32-34,40H,4-5,19-26H2,1-3H3,(H,43,44)(H,45,46). The van der Waals surface area contributed by atoms with Crippen LogP contribution in [0.1, 0.15) is 75.5 Å². The van der Waals surface area contributed by atoms with Crippen LogP contribution in [0.3, 0.4) is 0 Å². The number of carbonyl (C=O) groups is 2. The minimum Gasteiger partial charge on any atom is -0.481 e. The monoisotopic (exact) mass is 671 g/mol. The van der Waals surface area contributed by atoms with Gasteiger partial charge in [0.05, 0.1) is 22.4 Å². The van der Waals surface area contributed by atoms with E-state index in [9.17, 15) is 29.9 Å². The lowest BCUT2D eigenvalue weighted by molar-refractivity contribution is -0.385. The lowest BCUT2D eigenvalue weighted by Crippen LogP contribution is -2.70. The zero-order valence-electron chi connectivity index (χ0n) is 28.7. The Kier molecular flexibility index (Phi) is 11.2. The number of likely N-dealkylation sites (tertiary alicyclic amines) is 1. The van der Waals surface area contributed by atoms with E-state index in [1.165, 1.54) is 29.3 Å². The van der Waals surface area contributed by atoms with Crippen LogP contribution in [0.2, 0.25) is 0 Å². The number of ether oxygens (including phenoxy) is 1. The lowest BCUT2D eigenvalue weighted by Gasteiger charge is -2.57. The molecule has 2 saturated heterocycles. The maximum atomic E-state index is 13.5. The Morgan fingerprint density at radius 3 is 1.98 bits per heavy atom. The summed E-state index contributed by atoms with van der Waals surface area (Å²) in [6.07, 6.45) is 2.85. The molecule has 0 spiro atoms. The van der Waals surface area contributed by atoms with Crippen LogP contribution in [-0.4, -0.2) is 76.9 Å². The molecule has 49 heavy (non-hydrogen) atoms. The maximum Gasteiger partial charge on any atom is 0.311 e. The Bertz CT molecular complexity index is 1550. The second-order valence-electron chi connectivity index (χ2n) is 13.8. The fraction of sp³-hybridized carbons (Fsp3) is 0.487. The molecule has 2 aliphatic heterocycles. The number of hydrogen-bond acceptors (Lipinski definition) is 7. The Balaban J connectivity index is 1.33. The third-order valence-corrected chi connectivity index (χ3v) is 11.5. The number of nitro benzene ring substituents is 1. The third-order valence-electron chi connectivity index (χ3n) is 11.5. The van der Waals surface area contributed by atoms with Gasteiger partial charge in [-0.2, -0.15) is 0 Å². The summed E-state index contributed by atoms with van der Waals surface area (Å²) in [6, 6.07) is 26.0. The molecule has 2 heterocycles. The molecule has 3 aromatic carbocycles. The Hall–Kier alpha value is -4.12. The van der Waals surface area contributed by atoms with Gasteiger partial charge in [-0.15, -0.1) is 0 Å².